The van der Waals surface area contributed by atoms with Gasteiger partial charge in [-0.2, -0.15) is 0 Å². The van der Waals surface area contributed by atoms with Crippen LogP contribution in [0.15, 0.2) is 48.5 Å². The standard InChI is InChI=1S/C20H27NO2/c1-15(13-17-9-5-7-11-19(17)22-3)21-16(2)14-18-10-6-8-12-20(18)23-4/h5-12,15-16,21H,13-14H2,1-4H3/t15-,16-/m1/s1. The van der Waals surface area contributed by atoms with Crippen LogP contribution in [0.5, 0.6) is 11.5 Å². The molecule has 0 fully saturated rings. The molecule has 0 saturated heterocycles. The van der Waals surface area contributed by atoms with Crippen molar-refractivity contribution >= 4 is 0 Å². The van der Waals surface area contributed by atoms with Gasteiger partial charge in [0.2, 0.25) is 0 Å². The molecular formula is C20H27NO2. The van der Waals surface area contributed by atoms with E-state index in [9.17, 15) is 0 Å². The van der Waals surface area contributed by atoms with Gasteiger partial charge in [-0.3, -0.25) is 0 Å². The summed E-state index contributed by atoms with van der Waals surface area (Å²) in [4.78, 5) is 0. The van der Waals surface area contributed by atoms with Crippen molar-refractivity contribution in [1.29, 1.82) is 0 Å². The lowest BCUT2D eigenvalue weighted by Crippen LogP contribution is -2.37. The molecule has 2 atom stereocenters. The lowest BCUT2D eigenvalue weighted by molar-refractivity contribution is 0.396. The van der Waals surface area contributed by atoms with Crippen molar-refractivity contribution in [2.24, 2.45) is 0 Å². The van der Waals surface area contributed by atoms with Crippen LogP contribution in [-0.4, -0.2) is 26.3 Å². The second-order valence-corrected chi connectivity index (χ2v) is 6.00. The number of hydrogen-bond donors (Lipinski definition) is 1. The molecule has 0 bridgehead atoms. The third-order valence-corrected chi connectivity index (χ3v) is 4.01. The van der Waals surface area contributed by atoms with E-state index in [1.165, 1.54) is 11.1 Å². The Kier molecular flexibility index (Phi) is 6.48. The minimum absolute atomic E-state index is 0.371. The van der Waals surface area contributed by atoms with Crippen LogP contribution in [0, 0.1) is 0 Å². The summed E-state index contributed by atoms with van der Waals surface area (Å²) in [7, 11) is 3.45. The minimum Gasteiger partial charge on any atom is -0.496 e. The number of methoxy groups -OCH3 is 2. The van der Waals surface area contributed by atoms with E-state index in [4.69, 9.17) is 9.47 Å². The van der Waals surface area contributed by atoms with E-state index in [1.54, 1.807) is 14.2 Å². The fraction of sp³-hybridized carbons (Fsp3) is 0.400. The van der Waals surface area contributed by atoms with Gasteiger partial charge in [0.05, 0.1) is 14.2 Å². The number of hydrogen-bond acceptors (Lipinski definition) is 3. The molecule has 0 spiro atoms. The van der Waals surface area contributed by atoms with E-state index in [0.717, 1.165) is 24.3 Å². The van der Waals surface area contributed by atoms with E-state index in [2.05, 4.69) is 43.4 Å². The normalized spacial score (nSPS) is 13.4. The van der Waals surface area contributed by atoms with Gasteiger partial charge < -0.3 is 14.8 Å². The van der Waals surface area contributed by atoms with Crippen molar-refractivity contribution < 1.29 is 9.47 Å². The van der Waals surface area contributed by atoms with Gasteiger partial charge in [-0.25, -0.2) is 0 Å². The van der Waals surface area contributed by atoms with Gasteiger partial charge in [0.1, 0.15) is 11.5 Å². The zero-order valence-corrected chi connectivity index (χ0v) is 14.5. The first kappa shape index (κ1) is 17.4. The maximum atomic E-state index is 5.43. The Morgan fingerprint density at radius 1 is 0.739 bits per heavy atom. The molecule has 23 heavy (non-hydrogen) atoms. The molecule has 0 unspecified atom stereocenters. The monoisotopic (exact) mass is 313 g/mol. The largest absolute Gasteiger partial charge is 0.496 e. The number of nitrogens with one attached hydrogen (secondary N) is 1. The molecule has 3 heteroatoms. The number of para-hydroxylation sites is 2. The summed E-state index contributed by atoms with van der Waals surface area (Å²) in [5.41, 5.74) is 2.47. The fourth-order valence-electron chi connectivity index (χ4n) is 3.01. The van der Waals surface area contributed by atoms with E-state index < -0.39 is 0 Å². The minimum atomic E-state index is 0.371. The first-order valence-corrected chi connectivity index (χ1v) is 8.14. The van der Waals surface area contributed by atoms with Crippen LogP contribution >= 0.6 is 0 Å². The number of benzene rings is 2. The molecule has 2 aromatic carbocycles. The highest BCUT2D eigenvalue weighted by atomic mass is 16.5. The molecule has 0 aliphatic rings. The zero-order chi connectivity index (χ0) is 16.7. The van der Waals surface area contributed by atoms with Crippen molar-refractivity contribution in [1.82, 2.24) is 5.32 Å². The second-order valence-electron chi connectivity index (χ2n) is 6.00. The second kappa shape index (κ2) is 8.59. The Morgan fingerprint density at radius 3 is 1.52 bits per heavy atom. The predicted octanol–water partition coefficient (Wildman–Crippen LogP) is 3.86. The Bertz CT molecular complexity index is 559. The third-order valence-electron chi connectivity index (χ3n) is 4.01. The van der Waals surface area contributed by atoms with Gasteiger partial charge in [-0.15, -0.1) is 0 Å². The van der Waals surface area contributed by atoms with Gasteiger partial charge in [-0.05, 0) is 49.9 Å². The highest BCUT2D eigenvalue weighted by Gasteiger charge is 2.13. The van der Waals surface area contributed by atoms with Crippen LogP contribution in [0.1, 0.15) is 25.0 Å². The summed E-state index contributed by atoms with van der Waals surface area (Å²) in [5, 5.41) is 3.67. The van der Waals surface area contributed by atoms with E-state index in [1.807, 2.05) is 24.3 Å². The first-order valence-electron chi connectivity index (χ1n) is 8.14. The Balaban J connectivity index is 1.93. The van der Waals surface area contributed by atoms with Gasteiger partial charge in [0, 0.05) is 12.1 Å². The lowest BCUT2D eigenvalue weighted by Gasteiger charge is -2.21. The van der Waals surface area contributed by atoms with Crippen LogP contribution < -0.4 is 14.8 Å². The third kappa shape index (κ3) is 5.00. The molecule has 0 aliphatic heterocycles. The van der Waals surface area contributed by atoms with Crippen LogP contribution in [0.2, 0.25) is 0 Å². The Morgan fingerprint density at radius 2 is 1.13 bits per heavy atom. The molecular weight excluding hydrogens is 286 g/mol. The average Bonchev–Trinajstić information content (AvgIpc) is 2.55. The van der Waals surface area contributed by atoms with E-state index >= 15 is 0 Å². The average molecular weight is 313 g/mol. The SMILES string of the molecule is COc1ccccc1C[C@@H](C)N[C@H](C)Cc1ccccc1OC. The molecule has 1 N–H and O–H groups in total. The summed E-state index contributed by atoms with van der Waals surface area (Å²) in [6.45, 7) is 4.43. The predicted molar refractivity (Wildman–Crippen MR) is 95.5 cm³/mol. The molecule has 3 nitrogen and oxygen atoms in total. The quantitative estimate of drug-likeness (QED) is 0.803. The molecule has 0 aromatic heterocycles. The number of rotatable bonds is 8. The van der Waals surface area contributed by atoms with Crippen molar-refractivity contribution in [2.75, 3.05) is 14.2 Å². The lowest BCUT2D eigenvalue weighted by atomic mass is 10.0. The van der Waals surface area contributed by atoms with Gasteiger partial charge in [-0.1, -0.05) is 36.4 Å². The summed E-state index contributed by atoms with van der Waals surface area (Å²) in [5.74, 6) is 1.91. The topological polar surface area (TPSA) is 30.5 Å². The molecule has 2 aromatic rings. The molecule has 0 aliphatic carbocycles. The molecule has 0 saturated carbocycles. The van der Waals surface area contributed by atoms with Crippen molar-refractivity contribution in [3.05, 3.63) is 59.7 Å². The van der Waals surface area contributed by atoms with E-state index in [-0.39, 0.29) is 0 Å². The summed E-state index contributed by atoms with van der Waals surface area (Å²) in [6.07, 6.45) is 1.89. The molecule has 124 valence electrons. The van der Waals surface area contributed by atoms with Crippen molar-refractivity contribution in [3.63, 3.8) is 0 Å². The summed E-state index contributed by atoms with van der Waals surface area (Å²) < 4.78 is 10.9. The fourth-order valence-corrected chi connectivity index (χ4v) is 3.01. The maximum Gasteiger partial charge on any atom is 0.122 e. The van der Waals surface area contributed by atoms with Gasteiger partial charge in [0.15, 0.2) is 0 Å². The van der Waals surface area contributed by atoms with Crippen molar-refractivity contribution in [2.45, 2.75) is 38.8 Å². The van der Waals surface area contributed by atoms with Gasteiger partial charge >= 0.3 is 0 Å². The number of ether oxygens (including phenoxy) is 2. The highest BCUT2D eigenvalue weighted by molar-refractivity contribution is 5.34. The molecule has 0 amide bonds. The van der Waals surface area contributed by atoms with Crippen LogP contribution in [0.4, 0.5) is 0 Å². The maximum absolute atomic E-state index is 5.43. The van der Waals surface area contributed by atoms with Crippen LogP contribution in [-0.2, 0) is 12.8 Å². The molecule has 0 heterocycles. The Labute approximate surface area is 139 Å². The van der Waals surface area contributed by atoms with Crippen molar-refractivity contribution in [3.8, 4) is 11.5 Å². The summed E-state index contributed by atoms with van der Waals surface area (Å²) >= 11 is 0. The zero-order valence-electron chi connectivity index (χ0n) is 14.5. The van der Waals surface area contributed by atoms with Gasteiger partial charge in [0.25, 0.3) is 0 Å². The smallest absolute Gasteiger partial charge is 0.122 e. The highest BCUT2D eigenvalue weighted by Crippen LogP contribution is 2.21. The van der Waals surface area contributed by atoms with Crippen LogP contribution in [0.25, 0.3) is 0 Å². The van der Waals surface area contributed by atoms with Crippen LogP contribution in [0.3, 0.4) is 0 Å². The Hall–Kier alpha value is -2.00. The summed E-state index contributed by atoms with van der Waals surface area (Å²) in [6, 6.07) is 17.2. The first-order chi connectivity index (χ1) is 11.1. The molecule has 0 radical (unpaired) electrons. The molecule has 2 rings (SSSR count). The van der Waals surface area contributed by atoms with E-state index in [0.29, 0.717) is 12.1 Å².